The van der Waals surface area contributed by atoms with Gasteiger partial charge in [0.2, 0.25) is 5.91 Å². The van der Waals surface area contributed by atoms with Crippen molar-refractivity contribution in [3.63, 3.8) is 0 Å². The fourth-order valence-electron chi connectivity index (χ4n) is 1.80. The molecular formula is C13H15N3O. The lowest BCUT2D eigenvalue weighted by atomic mass is 10.1. The van der Waals surface area contributed by atoms with Gasteiger partial charge in [-0.15, -0.1) is 0 Å². The average molecular weight is 229 g/mol. The first-order chi connectivity index (χ1) is 8.20. The Morgan fingerprint density at radius 1 is 1.53 bits per heavy atom. The molecule has 1 aromatic rings. The zero-order valence-electron chi connectivity index (χ0n) is 9.52. The maximum Gasteiger partial charge on any atom is 0.225 e. The molecule has 1 unspecified atom stereocenters. The van der Waals surface area contributed by atoms with E-state index in [2.05, 4.69) is 5.32 Å². The molecule has 3 N–H and O–H groups in total. The third kappa shape index (κ3) is 3.05. The number of hydrogen-bond donors (Lipinski definition) is 2. The van der Waals surface area contributed by atoms with Crippen molar-refractivity contribution in [3.8, 4) is 6.07 Å². The van der Waals surface area contributed by atoms with Crippen molar-refractivity contribution in [2.75, 3.05) is 5.32 Å². The molecular weight excluding hydrogens is 214 g/mol. The van der Waals surface area contributed by atoms with Gasteiger partial charge in [0.25, 0.3) is 0 Å². The fraction of sp³-hybridized carbons (Fsp3) is 0.385. The molecule has 1 aromatic carbocycles. The van der Waals surface area contributed by atoms with Gasteiger partial charge in [0.05, 0.1) is 11.3 Å². The van der Waals surface area contributed by atoms with E-state index >= 15 is 0 Å². The summed E-state index contributed by atoms with van der Waals surface area (Å²) in [4.78, 5) is 11.7. The van der Waals surface area contributed by atoms with E-state index in [0.29, 0.717) is 23.6 Å². The molecule has 1 fully saturated rings. The number of nitriles is 1. The van der Waals surface area contributed by atoms with Crippen LogP contribution in [0.4, 0.5) is 5.69 Å². The van der Waals surface area contributed by atoms with Crippen LogP contribution in [-0.4, -0.2) is 11.9 Å². The van der Waals surface area contributed by atoms with Crippen LogP contribution in [0.15, 0.2) is 24.3 Å². The van der Waals surface area contributed by atoms with E-state index in [1.165, 1.54) is 0 Å². The zero-order valence-corrected chi connectivity index (χ0v) is 9.52. The molecule has 1 aliphatic rings. The Balaban J connectivity index is 1.95. The van der Waals surface area contributed by atoms with Crippen LogP contribution in [0.1, 0.15) is 24.8 Å². The van der Waals surface area contributed by atoms with Crippen LogP contribution in [0, 0.1) is 17.2 Å². The molecule has 0 radical (unpaired) electrons. The SMILES string of the molecule is N#Cc1ccccc1NC(=O)CC(N)C1CC1. The summed E-state index contributed by atoms with van der Waals surface area (Å²) in [5.41, 5.74) is 6.91. The number of carbonyl (C=O) groups is 1. The van der Waals surface area contributed by atoms with Crippen LogP contribution in [-0.2, 0) is 4.79 Å². The number of amides is 1. The normalized spacial score (nSPS) is 16.0. The van der Waals surface area contributed by atoms with Crippen LogP contribution in [0.3, 0.4) is 0 Å². The Labute approximate surface area is 100 Å². The number of anilines is 1. The molecule has 0 saturated heterocycles. The third-order valence-electron chi connectivity index (χ3n) is 2.97. The van der Waals surface area contributed by atoms with Crippen molar-refractivity contribution < 1.29 is 4.79 Å². The lowest BCUT2D eigenvalue weighted by molar-refractivity contribution is -0.116. The van der Waals surface area contributed by atoms with Crippen LogP contribution in [0.25, 0.3) is 0 Å². The first kappa shape index (κ1) is 11.6. The summed E-state index contributed by atoms with van der Waals surface area (Å²) < 4.78 is 0. The van der Waals surface area contributed by atoms with Gasteiger partial charge >= 0.3 is 0 Å². The van der Waals surface area contributed by atoms with Gasteiger partial charge in [-0.25, -0.2) is 0 Å². The van der Waals surface area contributed by atoms with Crippen LogP contribution in [0.5, 0.6) is 0 Å². The minimum atomic E-state index is -0.118. The molecule has 4 nitrogen and oxygen atoms in total. The maximum absolute atomic E-state index is 11.7. The highest BCUT2D eigenvalue weighted by molar-refractivity contribution is 5.92. The topological polar surface area (TPSA) is 78.9 Å². The summed E-state index contributed by atoms with van der Waals surface area (Å²) in [6.45, 7) is 0. The molecule has 88 valence electrons. The van der Waals surface area contributed by atoms with Crippen molar-refractivity contribution in [2.45, 2.75) is 25.3 Å². The summed E-state index contributed by atoms with van der Waals surface area (Å²) in [6, 6.07) is 8.95. The lowest BCUT2D eigenvalue weighted by Crippen LogP contribution is -2.29. The average Bonchev–Trinajstić information content (AvgIpc) is 3.13. The smallest absolute Gasteiger partial charge is 0.225 e. The van der Waals surface area contributed by atoms with E-state index in [4.69, 9.17) is 11.0 Å². The summed E-state index contributed by atoms with van der Waals surface area (Å²) in [5, 5.41) is 11.6. The first-order valence-corrected chi connectivity index (χ1v) is 5.75. The van der Waals surface area contributed by atoms with Gasteiger partial charge in [-0.2, -0.15) is 5.26 Å². The van der Waals surface area contributed by atoms with Crippen molar-refractivity contribution in [2.24, 2.45) is 11.7 Å². The molecule has 2 rings (SSSR count). The van der Waals surface area contributed by atoms with E-state index in [-0.39, 0.29) is 11.9 Å². The molecule has 1 amide bonds. The highest BCUT2D eigenvalue weighted by atomic mass is 16.1. The zero-order chi connectivity index (χ0) is 12.3. The van der Waals surface area contributed by atoms with Crippen molar-refractivity contribution >= 4 is 11.6 Å². The minimum Gasteiger partial charge on any atom is -0.327 e. The Hall–Kier alpha value is -1.86. The van der Waals surface area contributed by atoms with Crippen molar-refractivity contribution in [3.05, 3.63) is 29.8 Å². The van der Waals surface area contributed by atoms with Gasteiger partial charge in [-0.3, -0.25) is 4.79 Å². The molecule has 0 bridgehead atoms. The van der Waals surface area contributed by atoms with Crippen molar-refractivity contribution in [1.82, 2.24) is 0 Å². The van der Waals surface area contributed by atoms with Gasteiger partial charge in [0, 0.05) is 12.5 Å². The number of para-hydroxylation sites is 1. The Bertz CT molecular complexity index is 460. The standard InChI is InChI=1S/C13H15N3O/c14-8-10-3-1-2-4-12(10)16-13(17)7-11(15)9-5-6-9/h1-4,9,11H,5-7,15H2,(H,16,17). The van der Waals surface area contributed by atoms with E-state index < -0.39 is 0 Å². The number of nitrogens with one attached hydrogen (secondary N) is 1. The van der Waals surface area contributed by atoms with Gasteiger partial charge < -0.3 is 11.1 Å². The third-order valence-corrected chi connectivity index (χ3v) is 2.97. The predicted molar refractivity (Wildman–Crippen MR) is 65.1 cm³/mol. The number of hydrogen-bond acceptors (Lipinski definition) is 3. The molecule has 0 aromatic heterocycles. The summed E-state index contributed by atoms with van der Waals surface area (Å²) in [7, 11) is 0. The maximum atomic E-state index is 11.7. The quantitative estimate of drug-likeness (QED) is 0.823. The number of nitrogens with two attached hydrogens (primary N) is 1. The number of rotatable bonds is 4. The van der Waals surface area contributed by atoms with Crippen LogP contribution in [0.2, 0.25) is 0 Å². The Morgan fingerprint density at radius 3 is 2.88 bits per heavy atom. The van der Waals surface area contributed by atoms with E-state index in [1.54, 1.807) is 24.3 Å². The molecule has 1 saturated carbocycles. The summed E-state index contributed by atoms with van der Waals surface area (Å²) >= 11 is 0. The van der Waals surface area contributed by atoms with Crippen molar-refractivity contribution in [1.29, 1.82) is 5.26 Å². The van der Waals surface area contributed by atoms with Crippen LogP contribution >= 0.6 is 0 Å². The number of carbonyl (C=O) groups excluding carboxylic acids is 1. The first-order valence-electron chi connectivity index (χ1n) is 5.75. The van der Waals surface area contributed by atoms with Crippen LogP contribution < -0.4 is 11.1 Å². The number of nitrogens with zero attached hydrogens (tertiary/aromatic N) is 1. The number of benzene rings is 1. The molecule has 1 aliphatic carbocycles. The second-order valence-corrected chi connectivity index (χ2v) is 4.41. The predicted octanol–water partition coefficient (Wildman–Crippen LogP) is 1.62. The van der Waals surface area contributed by atoms with E-state index in [9.17, 15) is 4.79 Å². The largest absolute Gasteiger partial charge is 0.327 e. The van der Waals surface area contributed by atoms with Gasteiger partial charge in [0.15, 0.2) is 0 Å². The molecule has 0 aliphatic heterocycles. The summed E-state index contributed by atoms with van der Waals surface area (Å²) in [5.74, 6) is 0.388. The molecule has 0 heterocycles. The van der Waals surface area contributed by atoms with Gasteiger partial charge in [-0.05, 0) is 30.9 Å². The molecule has 4 heteroatoms. The second kappa shape index (κ2) is 4.98. The summed E-state index contributed by atoms with van der Waals surface area (Å²) in [6.07, 6.45) is 2.58. The molecule has 17 heavy (non-hydrogen) atoms. The fourth-order valence-corrected chi connectivity index (χ4v) is 1.80. The van der Waals surface area contributed by atoms with Gasteiger partial charge in [-0.1, -0.05) is 12.1 Å². The monoisotopic (exact) mass is 229 g/mol. The van der Waals surface area contributed by atoms with E-state index in [1.807, 2.05) is 6.07 Å². The lowest BCUT2D eigenvalue weighted by Gasteiger charge is -2.11. The van der Waals surface area contributed by atoms with Gasteiger partial charge in [0.1, 0.15) is 6.07 Å². The second-order valence-electron chi connectivity index (χ2n) is 4.41. The highest BCUT2D eigenvalue weighted by Crippen LogP contribution is 2.32. The molecule has 0 spiro atoms. The van der Waals surface area contributed by atoms with E-state index in [0.717, 1.165) is 12.8 Å². The highest BCUT2D eigenvalue weighted by Gasteiger charge is 2.29. The molecule has 1 atom stereocenters. The Morgan fingerprint density at radius 2 is 2.24 bits per heavy atom. The minimum absolute atomic E-state index is 0.0516. The Kier molecular flexibility index (Phi) is 3.40.